The fourth-order valence-electron chi connectivity index (χ4n) is 4.67. The summed E-state index contributed by atoms with van der Waals surface area (Å²) >= 11 is 0. The topological polar surface area (TPSA) is 124 Å². The second-order valence-electron chi connectivity index (χ2n) is 17.5. The lowest BCUT2D eigenvalue weighted by atomic mass is 10.1. The molecule has 0 bridgehead atoms. The average molecular weight is 690 g/mol. The Balaban J connectivity index is 1.88. The first kappa shape index (κ1) is 36.9. The lowest BCUT2D eigenvalue weighted by molar-refractivity contribution is -0.0470. The molecular formula is C32H59N7O4Si3. The zero-order chi connectivity index (χ0) is 34.8. The highest BCUT2D eigenvalue weighted by molar-refractivity contribution is 6.75. The van der Waals surface area contributed by atoms with E-state index in [1.54, 1.807) is 17.2 Å². The second kappa shape index (κ2) is 12.2. The standard InChI is InChI=1S/C32H59N7O4Si3/c1-30(2,3)44(11,12)40-19-22-24(42-45(13,14)31(4,5)6)25(43-46(15,16)32(7,8)9)29(41-22)39-20-34-23-26(33)36-27(37-28(23)39)21-17-35-38(10)18-21/h17-18,20,22,24-25,29H,19H2,1-16H3,(H2,33,36,37)/t22-,24-,25+,29-/m1/s1. The van der Waals surface area contributed by atoms with Gasteiger partial charge in [0.15, 0.2) is 48.5 Å². The normalized spacial score (nSPS) is 22.3. The summed E-state index contributed by atoms with van der Waals surface area (Å²) in [5.41, 5.74) is 8.34. The first-order chi connectivity index (χ1) is 20.8. The van der Waals surface area contributed by atoms with Crippen LogP contribution in [-0.4, -0.2) is 79.2 Å². The fourth-order valence-corrected chi connectivity index (χ4v) is 8.28. The van der Waals surface area contributed by atoms with Gasteiger partial charge in [-0.15, -0.1) is 0 Å². The van der Waals surface area contributed by atoms with Gasteiger partial charge in [0.25, 0.3) is 0 Å². The summed E-state index contributed by atoms with van der Waals surface area (Å²) in [7, 11) is -4.85. The molecule has 46 heavy (non-hydrogen) atoms. The number of aryl methyl sites for hydroxylation is 1. The molecule has 1 saturated heterocycles. The summed E-state index contributed by atoms with van der Waals surface area (Å²) in [5.74, 6) is 0.779. The molecule has 4 atom stereocenters. The van der Waals surface area contributed by atoms with Crippen LogP contribution in [0.15, 0.2) is 18.7 Å². The number of ether oxygens (including phenoxy) is 1. The Labute approximate surface area is 279 Å². The molecule has 3 aromatic heterocycles. The molecule has 0 unspecified atom stereocenters. The van der Waals surface area contributed by atoms with Gasteiger partial charge in [0, 0.05) is 13.2 Å². The molecular weight excluding hydrogens is 631 g/mol. The van der Waals surface area contributed by atoms with E-state index in [-0.39, 0.29) is 27.3 Å². The predicted octanol–water partition coefficient (Wildman–Crippen LogP) is 7.51. The molecule has 4 heterocycles. The molecule has 1 aliphatic rings. The summed E-state index contributed by atoms with van der Waals surface area (Å²) in [6.07, 6.45) is 3.62. The van der Waals surface area contributed by atoms with Crippen molar-refractivity contribution in [1.82, 2.24) is 29.3 Å². The number of fused-ring (bicyclic) bond motifs is 1. The number of imidazole rings is 1. The Morgan fingerprint density at radius 3 is 1.87 bits per heavy atom. The largest absolute Gasteiger partial charge is 0.414 e. The van der Waals surface area contributed by atoms with Crippen molar-refractivity contribution in [2.45, 2.75) is 141 Å². The molecule has 3 aromatic rings. The van der Waals surface area contributed by atoms with Crippen LogP contribution in [0, 0.1) is 0 Å². The third kappa shape index (κ3) is 7.22. The average Bonchev–Trinajstić information content (AvgIpc) is 3.58. The van der Waals surface area contributed by atoms with Crippen molar-refractivity contribution in [2.75, 3.05) is 12.3 Å². The van der Waals surface area contributed by atoms with Gasteiger partial charge >= 0.3 is 0 Å². The van der Waals surface area contributed by atoms with Gasteiger partial charge in [0.2, 0.25) is 0 Å². The number of nitrogens with two attached hydrogens (primary N) is 1. The van der Waals surface area contributed by atoms with Crippen LogP contribution in [-0.2, 0) is 25.1 Å². The van der Waals surface area contributed by atoms with Crippen molar-refractivity contribution in [1.29, 1.82) is 0 Å². The highest BCUT2D eigenvalue weighted by Crippen LogP contribution is 2.47. The van der Waals surface area contributed by atoms with Gasteiger partial charge < -0.3 is 23.7 Å². The highest BCUT2D eigenvalue weighted by Gasteiger charge is 2.55. The monoisotopic (exact) mass is 689 g/mol. The van der Waals surface area contributed by atoms with E-state index in [2.05, 4.69) is 117 Å². The number of nitrogen functional groups attached to an aromatic ring is 1. The van der Waals surface area contributed by atoms with Crippen molar-refractivity contribution >= 4 is 41.9 Å². The second-order valence-corrected chi connectivity index (χ2v) is 31.8. The minimum absolute atomic E-state index is 0.0144. The molecule has 258 valence electrons. The quantitative estimate of drug-likeness (QED) is 0.227. The number of aromatic nitrogens is 6. The van der Waals surface area contributed by atoms with E-state index in [0.717, 1.165) is 5.56 Å². The van der Waals surface area contributed by atoms with Crippen LogP contribution in [0.1, 0.15) is 68.5 Å². The molecule has 14 heteroatoms. The van der Waals surface area contributed by atoms with Gasteiger partial charge in [-0.1, -0.05) is 62.3 Å². The summed E-state index contributed by atoms with van der Waals surface area (Å²) in [4.78, 5) is 14.2. The van der Waals surface area contributed by atoms with Crippen molar-refractivity contribution in [3.63, 3.8) is 0 Å². The Kier molecular flexibility index (Phi) is 9.77. The van der Waals surface area contributed by atoms with Crippen molar-refractivity contribution in [3.8, 4) is 11.4 Å². The number of nitrogens with zero attached hydrogens (tertiary/aromatic N) is 6. The van der Waals surface area contributed by atoms with Gasteiger partial charge in [0.05, 0.1) is 24.7 Å². The lowest BCUT2D eigenvalue weighted by Crippen LogP contribution is -2.54. The Morgan fingerprint density at radius 2 is 1.37 bits per heavy atom. The molecule has 0 saturated carbocycles. The summed E-state index contributed by atoms with van der Waals surface area (Å²) < 4.78 is 32.2. The zero-order valence-electron chi connectivity index (χ0n) is 31.1. The molecule has 0 aliphatic carbocycles. The zero-order valence-corrected chi connectivity index (χ0v) is 34.1. The maximum Gasteiger partial charge on any atom is 0.192 e. The van der Waals surface area contributed by atoms with E-state index in [1.807, 2.05) is 17.8 Å². The molecule has 1 fully saturated rings. The van der Waals surface area contributed by atoms with Gasteiger partial charge in [-0.25, -0.2) is 15.0 Å². The number of rotatable bonds is 9. The van der Waals surface area contributed by atoms with Crippen LogP contribution >= 0.6 is 0 Å². The minimum Gasteiger partial charge on any atom is -0.414 e. The molecule has 1 aliphatic heterocycles. The lowest BCUT2D eigenvalue weighted by Gasteiger charge is -2.44. The molecule has 2 N–H and O–H groups in total. The number of hydrogen-bond acceptors (Lipinski definition) is 9. The minimum atomic E-state index is -2.32. The predicted molar refractivity (Wildman–Crippen MR) is 193 cm³/mol. The first-order valence-corrected chi connectivity index (χ1v) is 25.1. The SMILES string of the molecule is Cn1cc(-c2nc(N)c3ncn([C@@H]4O[C@H](CO[Si](C)(C)C(C)(C)C)[C@@H](O[Si](C)(C)C(C)(C)C)[C@@H]4O[Si](C)(C)C(C)(C)C)c3n2)cn1. The van der Waals surface area contributed by atoms with Crippen LogP contribution in [0.2, 0.25) is 54.4 Å². The Bertz CT molecular complexity index is 1530. The van der Waals surface area contributed by atoms with Gasteiger partial charge in [-0.3, -0.25) is 9.25 Å². The molecule has 0 spiro atoms. The smallest absolute Gasteiger partial charge is 0.192 e. The number of hydrogen-bond donors (Lipinski definition) is 1. The van der Waals surface area contributed by atoms with Gasteiger partial charge in [-0.05, 0) is 54.4 Å². The molecule has 11 nitrogen and oxygen atoms in total. The third-order valence-electron chi connectivity index (χ3n) is 10.9. The van der Waals surface area contributed by atoms with Crippen molar-refractivity contribution in [3.05, 3.63) is 18.7 Å². The first-order valence-electron chi connectivity index (χ1n) is 16.4. The number of anilines is 1. The van der Waals surface area contributed by atoms with Crippen LogP contribution in [0.25, 0.3) is 22.6 Å². The van der Waals surface area contributed by atoms with E-state index in [9.17, 15) is 0 Å². The summed E-state index contributed by atoms with van der Waals surface area (Å²) in [5, 5.41) is 4.31. The van der Waals surface area contributed by atoms with Gasteiger partial charge in [0.1, 0.15) is 23.8 Å². The Hall–Kier alpha value is -1.95. The van der Waals surface area contributed by atoms with Crippen LogP contribution in [0.3, 0.4) is 0 Å². The van der Waals surface area contributed by atoms with E-state index in [0.29, 0.717) is 29.4 Å². The summed E-state index contributed by atoms with van der Waals surface area (Å²) in [6, 6.07) is 0. The maximum absolute atomic E-state index is 7.33. The van der Waals surface area contributed by atoms with E-state index < -0.39 is 37.3 Å². The molecule has 4 rings (SSSR count). The van der Waals surface area contributed by atoms with E-state index in [1.165, 1.54) is 0 Å². The van der Waals surface area contributed by atoms with Crippen LogP contribution < -0.4 is 5.73 Å². The highest BCUT2D eigenvalue weighted by atomic mass is 28.4. The van der Waals surface area contributed by atoms with Crippen molar-refractivity contribution in [2.24, 2.45) is 7.05 Å². The van der Waals surface area contributed by atoms with E-state index >= 15 is 0 Å². The third-order valence-corrected chi connectivity index (χ3v) is 24.3. The Morgan fingerprint density at radius 1 is 0.826 bits per heavy atom. The van der Waals surface area contributed by atoms with Crippen LogP contribution in [0.4, 0.5) is 5.82 Å². The fraction of sp³-hybridized carbons (Fsp3) is 0.750. The van der Waals surface area contributed by atoms with Crippen molar-refractivity contribution < 1.29 is 18.0 Å². The molecule has 0 amide bonds. The molecule has 0 aromatic carbocycles. The maximum atomic E-state index is 7.33. The van der Waals surface area contributed by atoms with Crippen LogP contribution in [0.5, 0.6) is 0 Å². The molecule has 0 radical (unpaired) electrons. The van der Waals surface area contributed by atoms with E-state index in [4.69, 9.17) is 28.7 Å². The summed E-state index contributed by atoms with van der Waals surface area (Å²) in [6.45, 7) is 34.4. The van der Waals surface area contributed by atoms with Gasteiger partial charge in [-0.2, -0.15) is 5.10 Å².